The summed E-state index contributed by atoms with van der Waals surface area (Å²) in [4.78, 5) is 15.0. The van der Waals surface area contributed by atoms with Gasteiger partial charge in [0.05, 0.1) is 22.1 Å². The summed E-state index contributed by atoms with van der Waals surface area (Å²) < 4.78 is 0. The van der Waals surface area contributed by atoms with Gasteiger partial charge in [0, 0.05) is 5.02 Å². The highest BCUT2D eigenvalue weighted by Gasteiger charge is 2.25. The minimum atomic E-state index is -0.179. The van der Waals surface area contributed by atoms with Gasteiger partial charge in [-0.1, -0.05) is 29.3 Å². The van der Waals surface area contributed by atoms with Crippen LogP contribution in [0.1, 0.15) is 18.7 Å². The van der Waals surface area contributed by atoms with Gasteiger partial charge in [0.15, 0.2) is 6.04 Å². The van der Waals surface area contributed by atoms with Crippen LogP contribution < -0.4 is 10.2 Å². The highest BCUT2D eigenvalue weighted by Crippen LogP contribution is 2.25. The minimum absolute atomic E-state index is 0.0578. The van der Waals surface area contributed by atoms with Gasteiger partial charge in [0.2, 0.25) is 0 Å². The van der Waals surface area contributed by atoms with Crippen molar-refractivity contribution in [1.29, 1.82) is 0 Å². The van der Waals surface area contributed by atoms with Crippen molar-refractivity contribution in [3.63, 3.8) is 0 Å². The molecule has 2 atom stereocenters. The molecular weight excluding hydrogens is 339 g/mol. The molecule has 1 aromatic heterocycles. The smallest absolute Gasteiger partial charge is 0.282 e. The molecule has 1 aromatic carbocycles. The van der Waals surface area contributed by atoms with Crippen LogP contribution in [0.4, 0.5) is 5.69 Å². The zero-order valence-corrected chi connectivity index (χ0v) is 14.9. The number of benzene rings is 1. The molecule has 0 spiro atoms. The van der Waals surface area contributed by atoms with E-state index in [-0.39, 0.29) is 11.9 Å². The van der Waals surface area contributed by atoms with Crippen LogP contribution in [0.5, 0.6) is 0 Å². The lowest BCUT2D eigenvalue weighted by Crippen LogP contribution is -3.15. The average molecular weight is 358 g/mol. The van der Waals surface area contributed by atoms with Crippen molar-refractivity contribution >= 4 is 46.1 Å². The fraction of sp³-hybridized carbons (Fsp3) is 0.312. The number of rotatable bonds is 6. The topological polar surface area (TPSA) is 33.5 Å². The Balaban J connectivity index is 2.05. The first-order chi connectivity index (χ1) is 10.5. The third-order valence-corrected chi connectivity index (χ3v) is 5.07. The Hall–Kier alpha value is -1.07. The third kappa shape index (κ3) is 4.46. The van der Waals surface area contributed by atoms with Crippen molar-refractivity contribution in [2.45, 2.75) is 26.4 Å². The molecule has 0 saturated heterocycles. The van der Waals surface area contributed by atoms with Gasteiger partial charge in [0.1, 0.15) is 6.54 Å². The summed E-state index contributed by atoms with van der Waals surface area (Å²) in [5.74, 6) is -0.0578. The predicted molar refractivity (Wildman–Crippen MR) is 94.1 cm³/mol. The summed E-state index contributed by atoms with van der Waals surface area (Å²) in [6.45, 7) is 5.72. The molecule has 0 aliphatic heterocycles. The lowest BCUT2D eigenvalue weighted by atomic mass is 10.2. The van der Waals surface area contributed by atoms with Crippen molar-refractivity contribution in [2.75, 3.05) is 11.9 Å². The number of carbonyl (C=O) groups excluding carboxylic acids is 1. The SMILES string of the molecule is CC[NH+](Cc1cccs1)[C@H](C)C(=O)Nc1cc(Cl)ccc1Cl. The standard InChI is InChI=1S/C16H18Cl2N2OS/c1-3-20(10-13-5-4-8-22-13)11(2)16(21)19-15-9-12(17)6-7-14(15)18/h4-9,11H,3,10H2,1-2H3,(H,19,21)/p+1/t11-/m1/s1. The molecule has 1 amide bonds. The van der Waals surface area contributed by atoms with E-state index >= 15 is 0 Å². The number of hydrogen-bond acceptors (Lipinski definition) is 2. The van der Waals surface area contributed by atoms with Gasteiger partial charge >= 0.3 is 0 Å². The van der Waals surface area contributed by atoms with Crippen molar-refractivity contribution < 1.29 is 9.69 Å². The van der Waals surface area contributed by atoms with Crippen molar-refractivity contribution in [3.05, 3.63) is 50.6 Å². The van der Waals surface area contributed by atoms with E-state index in [9.17, 15) is 4.79 Å². The monoisotopic (exact) mass is 357 g/mol. The van der Waals surface area contributed by atoms with Gasteiger partial charge in [-0.15, -0.1) is 11.3 Å². The second kappa shape index (κ2) is 7.97. The predicted octanol–water partition coefficient (Wildman–Crippen LogP) is 3.49. The summed E-state index contributed by atoms with van der Waals surface area (Å²) in [5, 5.41) is 5.96. The quantitative estimate of drug-likeness (QED) is 0.814. The maximum absolute atomic E-state index is 12.5. The summed E-state index contributed by atoms with van der Waals surface area (Å²) in [6, 6.07) is 8.99. The average Bonchev–Trinajstić information content (AvgIpc) is 3.00. The number of quaternary nitrogens is 1. The molecule has 118 valence electrons. The maximum atomic E-state index is 12.5. The molecule has 2 aromatic rings. The fourth-order valence-corrected chi connectivity index (χ4v) is 3.34. The molecule has 0 aliphatic rings. The van der Waals surface area contributed by atoms with Crippen LogP contribution in [-0.2, 0) is 11.3 Å². The highest BCUT2D eigenvalue weighted by atomic mass is 35.5. The van der Waals surface area contributed by atoms with Gasteiger partial charge in [-0.25, -0.2) is 0 Å². The molecule has 0 bridgehead atoms. The van der Waals surface area contributed by atoms with Gasteiger partial charge in [-0.3, -0.25) is 4.79 Å². The number of halogens is 2. The Bertz CT molecular complexity index is 631. The molecule has 0 fully saturated rings. The molecular formula is C16H19Cl2N2OS+. The van der Waals surface area contributed by atoms with Crippen LogP contribution >= 0.6 is 34.5 Å². The second-order valence-electron chi connectivity index (χ2n) is 5.10. The number of anilines is 1. The zero-order chi connectivity index (χ0) is 16.1. The summed E-state index contributed by atoms with van der Waals surface area (Å²) in [6.07, 6.45) is 0. The third-order valence-electron chi connectivity index (χ3n) is 3.63. The normalized spacial score (nSPS) is 13.6. The molecule has 0 saturated carbocycles. The van der Waals surface area contributed by atoms with Crippen LogP contribution in [-0.4, -0.2) is 18.5 Å². The van der Waals surface area contributed by atoms with Gasteiger partial charge in [-0.2, -0.15) is 0 Å². The Morgan fingerprint density at radius 3 is 2.77 bits per heavy atom. The van der Waals surface area contributed by atoms with Crippen molar-refractivity contribution in [3.8, 4) is 0 Å². The summed E-state index contributed by atoms with van der Waals surface area (Å²) in [5.41, 5.74) is 0.553. The number of likely N-dealkylation sites (N-methyl/N-ethyl adjacent to an activating group) is 1. The Morgan fingerprint density at radius 1 is 1.36 bits per heavy atom. The molecule has 1 unspecified atom stereocenters. The number of amides is 1. The zero-order valence-electron chi connectivity index (χ0n) is 12.5. The molecule has 0 radical (unpaired) electrons. The molecule has 22 heavy (non-hydrogen) atoms. The lowest BCUT2D eigenvalue weighted by molar-refractivity contribution is -0.925. The van der Waals surface area contributed by atoms with Gasteiger partial charge < -0.3 is 10.2 Å². The van der Waals surface area contributed by atoms with E-state index in [0.717, 1.165) is 13.1 Å². The fourth-order valence-electron chi connectivity index (χ4n) is 2.24. The Kier molecular flexibility index (Phi) is 6.26. The van der Waals surface area contributed by atoms with Crippen LogP contribution in [0.15, 0.2) is 35.7 Å². The van der Waals surface area contributed by atoms with E-state index < -0.39 is 0 Å². The Morgan fingerprint density at radius 2 is 2.14 bits per heavy atom. The Labute approximate surface area is 144 Å². The second-order valence-corrected chi connectivity index (χ2v) is 6.98. The number of carbonyl (C=O) groups is 1. The van der Waals surface area contributed by atoms with Crippen LogP contribution in [0.3, 0.4) is 0 Å². The van der Waals surface area contributed by atoms with Gasteiger partial charge in [0.25, 0.3) is 5.91 Å². The van der Waals surface area contributed by atoms with E-state index in [2.05, 4.69) is 23.7 Å². The van der Waals surface area contributed by atoms with Crippen molar-refractivity contribution in [1.82, 2.24) is 0 Å². The van der Waals surface area contributed by atoms with Crippen molar-refractivity contribution in [2.24, 2.45) is 0 Å². The lowest BCUT2D eigenvalue weighted by Gasteiger charge is -2.23. The molecule has 1 heterocycles. The number of hydrogen-bond donors (Lipinski definition) is 2. The summed E-state index contributed by atoms with van der Waals surface area (Å²) >= 11 is 13.8. The van der Waals surface area contributed by atoms with E-state index in [0.29, 0.717) is 15.7 Å². The largest absolute Gasteiger partial charge is 0.321 e. The number of nitrogens with one attached hydrogen (secondary N) is 2. The first kappa shape index (κ1) is 17.3. The maximum Gasteiger partial charge on any atom is 0.282 e. The van der Waals surface area contributed by atoms with Gasteiger partial charge in [-0.05, 0) is 43.5 Å². The first-order valence-electron chi connectivity index (χ1n) is 7.14. The first-order valence-corrected chi connectivity index (χ1v) is 8.77. The molecule has 0 aliphatic carbocycles. The van der Waals surface area contributed by atoms with E-state index in [1.807, 2.05) is 13.0 Å². The number of thiophene rings is 1. The molecule has 3 nitrogen and oxygen atoms in total. The highest BCUT2D eigenvalue weighted by molar-refractivity contribution is 7.09. The van der Waals surface area contributed by atoms with E-state index in [1.165, 1.54) is 9.78 Å². The van der Waals surface area contributed by atoms with Crippen LogP contribution in [0, 0.1) is 0 Å². The molecule has 2 N–H and O–H groups in total. The molecule has 2 rings (SSSR count). The van der Waals surface area contributed by atoms with Crippen LogP contribution in [0.25, 0.3) is 0 Å². The van der Waals surface area contributed by atoms with E-state index in [1.54, 1.807) is 29.5 Å². The summed E-state index contributed by atoms with van der Waals surface area (Å²) in [7, 11) is 0. The molecule has 6 heteroatoms. The van der Waals surface area contributed by atoms with Crippen LogP contribution in [0.2, 0.25) is 10.0 Å². The minimum Gasteiger partial charge on any atom is -0.321 e. The van der Waals surface area contributed by atoms with E-state index in [4.69, 9.17) is 23.2 Å².